The van der Waals surface area contributed by atoms with Gasteiger partial charge >= 0.3 is 0 Å². The summed E-state index contributed by atoms with van der Waals surface area (Å²) in [5, 5.41) is 7.82. The number of thiocarbonyl (C=S) groups is 1. The number of hydrogen-bond donors (Lipinski definition) is 2. The molecule has 160 valence electrons. The minimum absolute atomic E-state index is 0.0615. The molecule has 0 unspecified atom stereocenters. The molecule has 1 aliphatic rings. The first-order chi connectivity index (χ1) is 15.1. The van der Waals surface area contributed by atoms with Gasteiger partial charge in [0.1, 0.15) is 11.6 Å². The fraction of sp³-hybridized carbons (Fsp3) is 0.190. The van der Waals surface area contributed by atoms with E-state index in [0.717, 1.165) is 46.5 Å². The van der Waals surface area contributed by atoms with E-state index < -0.39 is 11.6 Å². The molecule has 2 heterocycles. The van der Waals surface area contributed by atoms with Crippen LogP contribution in [0.15, 0.2) is 53.6 Å². The SMILES string of the molecule is Fc1ccc(NC(=S)N/N=C\c2sc(N3CCOCC3)nc2-c2ccccc2)c(F)c1. The second-order valence-electron chi connectivity index (χ2n) is 6.62. The number of nitrogens with zero attached hydrogens (tertiary/aromatic N) is 3. The highest BCUT2D eigenvalue weighted by atomic mass is 32.1. The molecular weight excluding hydrogens is 440 g/mol. The molecule has 4 rings (SSSR count). The largest absolute Gasteiger partial charge is 0.378 e. The molecule has 1 fully saturated rings. The van der Waals surface area contributed by atoms with Crippen molar-refractivity contribution in [1.82, 2.24) is 10.4 Å². The van der Waals surface area contributed by atoms with Crippen molar-refractivity contribution in [2.24, 2.45) is 5.10 Å². The zero-order chi connectivity index (χ0) is 21.6. The fourth-order valence-corrected chi connectivity index (χ4v) is 4.16. The molecule has 0 amide bonds. The first-order valence-corrected chi connectivity index (χ1v) is 10.8. The third kappa shape index (κ3) is 5.40. The first kappa shape index (κ1) is 21.3. The lowest BCUT2D eigenvalue weighted by Gasteiger charge is -2.26. The molecule has 0 bridgehead atoms. The standard InChI is InChI=1S/C21H19F2N5OS2/c22-15-6-7-17(16(23)12-15)25-20(30)27-24-13-18-19(14-4-2-1-3-5-14)26-21(31-18)28-8-10-29-11-9-28/h1-7,12-13H,8-11H2,(H2,25,27,30)/b24-13-. The van der Waals surface area contributed by atoms with E-state index in [2.05, 4.69) is 20.7 Å². The number of aromatic nitrogens is 1. The van der Waals surface area contributed by atoms with Gasteiger partial charge in [-0.1, -0.05) is 41.7 Å². The van der Waals surface area contributed by atoms with Crippen LogP contribution in [0.1, 0.15) is 4.88 Å². The Kier molecular flexibility index (Phi) is 6.80. The summed E-state index contributed by atoms with van der Waals surface area (Å²) in [4.78, 5) is 7.87. The molecule has 31 heavy (non-hydrogen) atoms. The summed E-state index contributed by atoms with van der Waals surface area (Å²) in [6, 6.07) is 13.1. The van der Waals surface area contributed by atoms with Crippen LogP contribution in [0.5, 0.6) is 0 Å². The highest BCUT2D eigenvalue weighted by Crippen LogP contribution is 2.32. The van der Waals surface area contributed by atoms with Gasteiger partial charge in [-0.2, -0.15) is 5.10 Å². The predicted octanol–water partition coefficient (Wildman–Crippen LogP) is 4.25. The van der Waals surface area contributed by atoms with Gasteiger partial charge in [-0.05, 0) is 24.4 Å². The summed E-state index contributed by atoms with van der Waals surface area (Å²) >= 11 is 6.67. The zero-order valence-electron chi connectivity index (χ0n) is 16.3. The lowest BCUT2D eigenvalue weighted by molar-refractivity contribution is 0.122. The van der Waals surface area contributed by atoms with Gasteiger partial charge < -0.3 is 15.0 Å². The average molecular weight is 460 g/mol. The van der Waals surface area contributed by atoms with Crippen LogP contribution < -0.4 is 15.6 Å². The van der Waals surface area contributed by atoms with Gasteiger partial charge in [0.15, 0.2) is 10.2 Å². The van der Waals surface area contributed by atoms with Crippen LogP contribution in [0, 0.1) is 11.6 Å². The van der Waals surface area contributed by atoms with Crippen LogP contribution in [-0.2, 0) is 4.74 Å². The van der Waals surface area contributed by atoms with Crippen LogP contribution in [0.3, 0.4) is 0 Å². The summed E-state index contributed by atoms with van der Waals surface area (Å²) < 4.78 is 32.2. The van der Waals surface area contributed by atoms with E-state index in [1.165, 1.54) is 17.4 Å². The third-order valence-corrected chi connectivity index (χ3v) is 5.74. The smallest absolute Gasteiger partial charge is 0.191 e. The van der Waals surface area contributed by atoms with E-state index in [9.17, 15) is 8.78 Å². The van der Waals surface area contributed by atoms with Gasteiger partial charge in [0.05, 0.1) is 35.7 Å². The molecule has 1 aromatic heterocycles. The van der Waals surface area contributed by atoms with E-state index >= 15 is 0 Å². The molecule has 1 aliphatic heterocycles. The lowest BCUT2D eigenvalue weighted by atomic mass is 10.1. The Bertz CT molecular complexity index is 1080. The average Bonchev–Trinajstić information content (AvgIpc) is 3.21. The molecule has 6 nitrogen and oxygen atoms in total. The quantitative estimate of drug-likeness (QED) is 0.338. The van der Waals surface area contributed by atoms with E-state index in [1.807, 2.05) is 30.3 Å². The molecule has 2 N–H and O–H groups in total. The number of thiazole rings is 1. The maximum Gasteiger partial charge on any atom is 0.191 e. The van der Waals surface area contributed by atoms with Gasteiger partial charge in [0.25, 0.3) is 0 Å². The Hall–Kier alpha value is -2.95. The zero-order valence-corrected chi connectivity index (χ0v) is 18.0. The van der Waals surface area contributed by atoms with Gasteiger partial charge in [-0.25, -0.2) is 13.8 Å². The topological polar surface area (TPSA) is 61.8 Å². The molecule has 0 aliphatic carbocycles. The number of morpholine rings is 1. The number of anilines is 2. The monoisotopic (exact) mass is 459 g/mol. The van der Waals surface area contributed by atoms with Crippen molar-refractivity contribution in [2.75, 3.05) is 36.5 Å². The number of ether oxygens (including phenoxy) is 1. The minimum Gasteiger partial charge on any atom is -0.378 e. The van der Waals surface area contributed by atoms with Crippen molar-refractivity contribution in [1.29, 1.82) is 0 Å². The molecule has 10 heteroatoms. The Morgan fingerprint density at radius 2 is 1.94 bits per heavy atom. The number of hydrogen-bond acceptors (Lipinski definition) is 6. The predicted molar refractivity (Wildman–Crippen MR) is 124 cm³/mol. The normalized spacial score (nSPS) is 14.1. The number of benzene rings is 2. The second-order valence-corrected chi connectivity index (χ2v) is 8.04. The Balaban J connectivity index is 1.50. The molecule has 0 spiro atoms. The van der Waals surface area contributed by atoms with Crippen molar-refractivity contribution in [3.8, 4) is 11.3 Å². The van der Waals surface area contributed by atoms with Gasteiger partial charge in [0, 0.05) is 24.7 Å². The molecule has 3 aromatic rings. The molecular formula is C21H19F2N5OS2. The van der Waals surface area contributed by atoms with Gasteiger partial charge in [-0.3, -0.25) is 5.43 Å². The van der Waals surface area contributed by atoms with Gasteiger partial charge in [-0.15, -0.1) is 0 Å². The second kappa shape index (κ2) is 9.90. The number of nitrogens with one attached hydrogen (secondary N) is 2. The molecule has 2 aromatic carbocycles. The highest BCUT2D eigenvalue weighted by Gasteiger charge is 2.18. The van der Waals surface area contributed by atoms with E-state index in [0.29, 0.717) is 13.2 Å². The highest BCUT2D eigenvalue weighted by molar-refractivity contribution is 7.80. The molecule has 0 saturated carbocycles. The number of hydrazone groups is 1. The van der Waals surface area contributed by atoms with Crippen LogP contribution in [-0.4, -0.2) is 42.6 Å². The van der Waals surface area contributed by atoms with E-state index in [1.54, 1.807) is 6.21 Å². The lowest BCUT2D eigenvalue weighted by Crippen LogP contribution is -2.36. The summed E-state index contributed by atoms with van der Waals surface area (Å²) in [5.74, 6) is -1.40. The first-order valence-electron chi connectivity index (χ1n) is 9.54. The maximum atomic E-state index is 13.8. The third-order valence-electron chi connectivity index (χ3n) is 4.50. The van der Waals surface area contributed by atoms with Crippen LogP contribution in [0.25, 0.3) is 11.3 Å². The minimum atomic E-state index is -0.739. The van der Waals surface area contributed by atoms with Crippen molar-refractivity contribution in [3.05, 3.63) is 65.0 Å². The Labute approximate surface area is 187 Å². The Morgan fingerprint density at radius 3 is 2.68 bits per heavy atom. The van der Waals surface area contributed by atoms with Crippen molar-refractivity contribution in [2.45, 2.75) is 0 Å². The van der Waals surface area contributed by atoms with Gasteiger partial charge in [0.2, 0.25) is 0 Å². The summed E-state index contributed by atoms with van der Waals surface area (Å²) in [6.07, 6.45) is 1.64. The molecule has 0 atom stereocenters. The molecule has 1 saturated heterocycles. The van der Waals surface area contributed by atoms with Crippen molar-refractivity contribution in [3.63, 3.8) is 0 Å². The molecule has 0 radical (unpaired) electrons. The number of halogens is 2. The maximum absolute atomic E-state index is 13.8. The van der Waals surface area contributed by atoms with Crippen molar-refractivity contribution >= 4 is 45.7 Å². The van der Waals surface area contributed by atoms with E-state index in [4.69, 9.17) is 21.9 Å². The van der Waals surface area contributed by atoms with E-state index in [-0.39, 0.29) is 10.8 Å². The van der Waals surface area contributed by atoms with Crippen molar-refractivity contribution < 1.29 is 13.5 Å². The fourth-order valence-electron chi connectivity index (χ4n) is 2.99. The summed E-state index contributed by atoms with van der Waals surface area (Å²) in [5.41, 5.74) is 4.53. The van der Waals surface area contributed by atoms with Crippen LogP contribution >= 0.6 is 23.6 Å². The Morgan fingerprint density at radius 1 is 1.16 bits per heavy atom. The summed E-state index contributed by atoms with van der Waals surface area (Å²) in [6.45, 7) is 2.91. The van der Waals surface area contributed by atoms with Crippen LogP contribution in [0.4, 0.5) is 19.6 Å². The summed E-state index contributed by atoms with van der Waals surface area (Å²) in [7, 11) is 0. The number of rotatable bonds is 5. The van der Waals surface area contributed by atoms with Crippen LogP contribution in [0.2, 0.25) is 0 Å².